The maximum atomic E-state index is 13.2. The van der Waals surface area contributed by atoms with Gasteiger partial charge in [0.1, 0.15) is 5.82 Å². The zero-order chi connectivity index (χ0) is 14.8. The Morgan fingerprint density at radius 3 is 2.43 bits per heavy atom. The minimum absolute atomic E-state index is 0.117. The molecule has 5 heteroatoms. The van der Waals surface area contributed by atoms with E-state index in [1.165, 1.54) is 43.9 Å². The first-order valence-corrected chi connectivity index (χ1v) is 7.67. The molecule has 4 nitrogen and oxygen atoms in total. The number of benzene rings is 1. The van der Waals surface area contributed by atoms with Gasteiger partial charge in [0, 0.05) is 13.1 Å². The minimum atomic E-state index is -0.396. The molecule has 0 saturated heterocycles. The van der Waals surface area contributed by atoms with Gasteiger partial charge < -0.3 is 11.1 Å². The summed E-state index contributed by atoms with van der Waals surface area (Å²) in [5.41, 5.74) is 6.50. The SMILES string of the molecule is Nc1ccc(F)cc1NC(=O)CN(CC1CC1)CC1CC1. The molecule has 0 spiro atoms. The molecule has 3 N–H and O–H groups in total. The number of rotatable bonds is 7. The number of anilines is 2. The maximum absolute atomic E-state index is 13.2. The number of carbonyl (C=O) groups excluding carboxylic acids is 1. The zero-order valence-corrected chi connectivity index (χ0v) is 12.1. The number of nitrogens with zero attached hydrogens (tertiary/aromatic N) is 1. The highest BCUT2D eigenvalue weighted by molar-refractivity contribution is 5.95. The Bertz CT molecular complexity index is 512. The van der Waals surface area contributed by atoms with E-state index in [9.17, 15) is 9.18 Å². The van der Waals surface area contributed by atoms with E-state index < -0.39 is 5.82 Å². The van der Waals surface area contributed by atoms with Gasteiger partial charge in [0.05, 0.1) is 17.9 Å². The molecule has 2 fully saturated rings. The number of hydrogen-bond donors (Lipinski definition) is 2. The van der Waals surface area contributed by atoms with E-state index in [1.54, 1.807) is 0 Å². The summed E-state index contributed by atoms with van der Waals surface area (Å²) < 4.78 is 13.2. The molecule has 1 amide bonds. The lowest BCUT2D eigenvalue weighted by Crippen LogP contribution is -2.36. The summed E-state index contributed by atoms with van der Waals surface area (Å²) in [5.74, 6) is 1.01. The van der Waals surface area contributed by atoms with Crippen LogP contribution in [0.2, 0.25) is 0 Å². The van der Waals surface area contributed by atoms with E-state index in [0.29, 0.717) is 17.9 Å². The molecule has 1 aromatic carbocycles. The molecule has 0 unspecified atom stereocenters. The van der Waals surface area contributed by atoms with Gasteiger partial charge in [-0.25, -0.2) is 4.39 Å². The van der Waals surface area contributed by atoms with E-state index in [0.717, 1.165) is 24.9 Å². The van der Waals surface area contributed by atoms with Crippen LogP contribution in [0.1, 0.15) is 25.7 Å². The molecular formula is C16H22FN3O. The predicted molar refractivity (Wildman–Crippen MR) is 81.3 cm³/mol. The lowest BCUT2D eigenvalue weighted by molar-refractivity contribution is -0.117. The van der Waals surface area contributed by atoms with Crippen LogP contribution in [0, 0.1) is 17.7 Å². The van der Waals surface area contributed by atoms with Gasteiger partial charge >= 0.3 is 0 Å². The van der Waals surface area contributed by atoms with Crippen molar-refractivity contribution < 1.29 is 9.18 Å². The molecule has 0 heterocycles. The Morgan fingerprint density at radius 1 is 1.24 bits per heavy atom. The number of carbonyl (C=O) groups is 1. The van der Waals surface area contributed by atoms with Crippen molar-refractivity contribution in [3.8, 4) is 0 Å². The summed E-state index contributed by atoms with van der Waals surface area (Å²) in [7, 11) is 0. The quantitative estimate of drug-likeness (QED) is 0.759. The van der Waals surface area contributed by atoms with Crippen LogP contribution in [0.3, 0.4) is 0 Å². The van der Waals surface area contributed by atoms with Crippen LogP contribution in [0.4, 0.5) is 15.8 Å². The van der Waals surface area contributed by atoms with Crippen LogP contribution in [0.5, 0.6) is 0 Å². The highest BCUT2D eigenvalue weighted by Crippen LogP contribution is 2.33. The van der Waals surface area contributed by atoms with Crippen molar-refractivity contribution in [3.63, 3.8) is 0 Å². The second kappa shape index (κ2) is 6.02. The van der Waals surface area contributed by atoms with Crippen LogP contribution in [0.15, 0.2) is 18.2 Å². The minimum Gasteiger partial charge on any atom is -0.397 e. The Balaban J connectivity index is 1.56. The number of nitrogens with two attached hydrogens (primary N) is 1. The highest BCUT2D eigenvalue weighted by Gasteiger charge is 2.30. The van der Waals surface area contributed by atoms with Crippen molar-refractivity contribution in [2.45, 2.75) is 25.7 Å². The van der Waals surface area contributed by atoms with Crippen LogP contribution < -0.4 is 11.1 Å². The number of halogens is 1. The number of nitrogen functional groups attached to an aromatic ring is 1. The Morgan fingerprint density at radius 2 is 1.86 bits per heavy atom. The van der Waals surface area contributed by atoms with Crippen LogP contribution in [-0.4, -0.2) is 30.4 Å². The molecule has 0 atom stereocenters. The van der Waals surface area contributed by atoms with E-state index >= 15 is 0 Å². The molecule has 0 aliphatic heterocycles. The van der Waals surface area contributed by atoms with Gasteiger partial charge in [-0.1, -0.05) is 0 Å². The second-order valence-electron chi connectivity index (χ2n) is 6.36. The highest BCUT2D eigenvalue weighted by atomic mass is 19.1. The van der Waals surface area contributed by atoms with Crippen LogP contribution in [-0.2, 0) is 4.79 Å². The third-order valence-corrected chi connectivity index (χ3v) is 4.08. The molecule has 0 aromatic heterocycles. The van der Waals surface area contributed by atoms with Gasteiger partial charge in [0.25, 0.3) is 0 Å². The third-order valence-electron chi connectivity index (χ3n) is 4.08. The molecule has 3 rings (SSSR count). The zero-order valence-electron chi connectivity index (χ0n) is 12.1. The van der Waals surface area contributed by atoms with Gasteiger partial charge in [-0.2, -0.15) is 0 Å². The fraction of sp³-hybridized carbons (Fsp3) is 0.562. The number of amides is 1. The van der Waals surface area contributed by atoms with Gasteiger partial charge in [0.2, 0.25) is 5.91 Å². The van der Waals surface area contributed by atoms with E-state index in [4.69, 9.17) is 5.73 Å². The first-order chi connectivity index (χ1) is 10.1. The van der Waals surface area contributed by atoms with Crippen molar-refractivity contribution in [2.75, 3.05) is 30.7 Å². The summed E-state index contributed by atoms with van der Waals surface area (Å²) in [5, 5.41) is 2.72. The summed E-state index contributed by atoms with van der Waals surface area (Å²) in [4.78, 5) is 14.4. The molecule has 21 heavy (non-hydrogen) atoms. The Hall–Kier alpha value is -1.62. The first kappa shape index (κ1) is 14.3. The van der Waals surface area contributed by atoms with E-state index in [1.807, 2.05) is 0 Å². The largest absolute Gasteiger partial charge is 0.397 e. The average molecular weight is 291 g/mol. The average Bonchev–Trinajstić information content (AvgIpc) is 3.30. The van der Waals surface area contributed by atoms with E-state index in [2.05, 4.69) is 10.2 Å². The van der Waals surface area contributed by atoms with Gasteiger partial charge in [-0.05, 0) is 55.7 Å². The Kier molecular flexibility index (Phi) is 4.10. The molecule has 114 valence electrons. The van der Waals surface area contributed by atoms with E-state index in [-0.39, 0.29) is 5.91 Å². The van der Waals surface area contributed by atoms with Gasteiger partial charge in [0.15, 0.2) is 0 Å². The van der Waals surface area contributed by atoms with Crippen LogP contribution >= 0.6 is 0 Å². The smallest absolute Gasteiger partial charge is 0.238 e. The summed E-state index contributed by atoms with van der Waals surface area (Å²) >= 11 is 0. The molecule has 2 aliphatic carbocycles. The first-order valence-electron chi connectivity index (χ1n) is 7.67. The molecule has 1 aromatic rings. The normalized spacial score (nSPS) is 18.0. The standard InChI is InChI=1S/C16H22FN3O/c17-13-5-6-14(18)15(7-13)19-16(21)10-20(8-11-1-2-11)9-12-3-4-12/h5-7,11-12H,1-4,8-10,18H2,(H,19,21). The fourth-order valence-electron chi connectivity index (χ4n) is 2.56. The fourth-order valence-corrected chi connectivity index (χ4v) is 2.56. The van der Waals surface area contributed by atoms with Crippen molar-refractivity contribution >= 4 is 17.3 Å². The maximum Gasteiger partial charge on any atom is 0.238 e. The third kappa shape index (κ3) is 4.43. The molecule has 0 bridgehead atoms. The summed E-state index contributed by atoms with van der Waals surface area (Å²) in [6, 6.07) is 4.02. The van der Waals surface area contributed by atoms with Crippen molar-refractivity contribution in [1.82, 2.24) is 4.90 Å². The molecule has 2 aliphatic rings. The topological polar surface area (TPSA) is 58.4 Å². The summed E-state index contributed by atoms with van der Waals surface area (Å²) in [6.45, 7) is 2.37. The monoisotopic (exact) mass is 291 g/mol. The molecule has 0 radical (unpaired) electrons. The van der Waals surface area contributed by atoms with Crippen LogP contribution in [0.25, 0.3) is 0 Å². The predicted octanol–water partition coefficient (Wildman–Crippen LogP) is 2.47. The second-order valence-corrected chi connectivity index (χ2v) is 6.36. The number of nitrogens with one attached hydrogen (secondary N) is 1. The van der Waals surface area contributed by atoms with Gasteiger partial charge in [-0.15, -0.1) is 0 Å². The number of hydrogen-bond acceptors (Lipinski definition) is 3. The van der Waals surface area contributed by atoms with Gasteiger partial charge in [-0.3, -0.25) is 9.69 Å². The lowest BCUT2D eigenvalue weighted by Gasteiger charge is -2.21. The van der Waals surface area contributed by atoms with Crippen molar-refractivity contribution in [3.05, 3.63) is 24.0 Å². The molecular weight excluding hydrogens is 269 g/mol. The Labute approximate surface area is 124 Å². The molecule has 2 saturated carbocycles. The lowest BCUT2D eigenvalue weighted by atomic mass is 10.2. The summed E-state index contributed by atoms with van der Waals surface area (Å²) in [6.07, 6.45) is 5.11. The van der Waals surface area contributed by atoms with Crippen molar-refractivity contribution in [1.29, 1.82) is 0 Å². The van der Waals surface area contributed by atoms with Crippen molar-refractivity contribution in [2.24, 2.45) is 11.8 Å².